The van der Waals surface area contributed by atoms with Crippen molar-refractivity contribution in [1.82, 2.24) is 4.31 Å². The van der Waals surface area contributed by atoms with Crippen LogP contribution < -0.4 is 4.90 Å². The topological polar surface area (TPSA) is 57.7 Å². The monoisotopic (exact) mass is 466 g/mol. The second-order valence-corrected chi connectivity index (χ2v) is 10.9. The number of halogens is 1. The Bertz CT molecular complexity index is 1310. The lowest BCUT2D eigenvalue weighted by molar-refractivity contribution is -0.122. The van der Waals surface area contributed by atoms with Gasteiger partial charge >= 0.3 is 0 Å². The summed E-state index contributed by atoms with van der Waals surface area (Å²) >= 11 is 6.09. The molecule has 0 aliphatic carbocycles. The molecule has 0 radical (unpaired) electrons. The molecule has 32 heavy (non-hydrogen) atoms. The van der Waals surface area contributed by atoms with Gasteiger partial charge in [0.1, 0.15) is 0 Å². The van der Waals surface area contributed by atoms with Crippen LogP contribution in [-0.4, -0.2) is 32.2 Å². The third kappa shape index (κ3) is 3.09. The van der Waals surface area contributed by atoms with Gasteiger partial charge in [0, 0.05) is 24.3 Å². The van der Waals surface area contributed by atoms with Crippen LogP contribution in [0.15, 0.2) is 77.7 Å². The zero-order valence-corrected chi connectivity index (χ0v) is 19.4. The third-order valence-corrected chi connectivity index (χ3v) is 8.81. The highest BCUT2D eigenvalue weighted by Gasteiger charge is 2.59. The molecule has 0 aromatic heterocycles. The number of carbonyl (C=O) groups excluding carboxylic acids is 1. The van der Waals surface area contributed by atoms with E-state index in [1.807, 2.05) is 43.3 Å². The van der Waals surface area contributed by atoms with Gasteiger partial charge in [-0.1, -0.05) is 59.6 Å². The van der Waals surface area contributed by atoms with E-state index in [1.165, 1.54) is 4.31 Å². The van der Waals surface area contributed by atoms with E-state index in [1.54, 1.807) is 48.3 Å². The van der Waals surface area contributed by atoms with E-state index in [0.29, 0.717) is 11.4 Å². The first-order valence-corrected chi connectivity index (χ1v) is 12.3. The van der Waals surface area contributed by atoms with Crippen LogP contribution in [0.2, 0.25) is 5.02 Å². The minimum Gasteiger partial charge on any atom is -0.314 e. The van der Waals surface area contributed by atoms with Crippen molar-refractivity contribution in [2.75, 3.05) is 18.5 Å². The summed E-state index contributed by atoms with van der Waals surface area (Å²) < 4.78 is 29.1. The van der Waals surface area contributed by atoms with E-state index in [-0.39, 0.29) is 17.3 Å². The molecule has 0 bridgehead atoms. The van der Waals surface area contributed by atoms with Gasteiger partial charge in [-0.25, -0.2) is 8.42 Å². The molecule has 5 rings (SSSR count). The number of rotatable bonds is 3. The van der Waals surface area contributed by atoms with Crippen LogP contribution >= 0.6 is 11.6 Å². The summed E-state index contributed by atoms with van der Waals surface area (Å²) in [5.74, 6) is -0.0701. The number of hydrogen-bond donors (Lipinski definition) is 0. The molecule has 164 valence electrons. The number of benzene rings is 3. The fraction of sp³-hybridized carbons (Fsp3) is 0.240. The number of hydrogen-bond acceptors (Lipinski definition) is 3. The highest BCUT2D eigenvalue weighted by molar-refractivity contribution is 7.89. The zero-order chi connectivity index (χ0) is 22.7. The van der Waals surface area contributed by atoms with Crippen LogP contribution in [0.1, 0.15) is 29.2 Å². The quantitative estimate of drug-likeness (QED) is 0.562. The Hall–Kier alpha value is -2.67. The molecule has 2 aliphatic heterocycles. The molecule has 2 atom stereocenters. The van der Waals surface area contributed by atoms with E-state index in [0.717, 1.165) is 22.4 Å². The Morgan fingerprint density at radius 3 is 2.31 bits per heavy atom. The molecule has 7 heteroatoms. The van der Waals surface area contributed by atoms with Crippen LogP contribution in [0, 0.1) is 6.92 Å². The maximum Gasteiger partial charge on any atom is 0.243 e. The lowest BCUT2D eigenvalue weighted by Crippen LogP contribution is -2.42. The van der Waals surface area contributed by atoms with Crippen LogP contribution in [0.3, 0.4) is 0 Å². The molecule has 0 saturated carbocycles. The van der Waals surface area contributed by atoms with Crippen LogP contribution in [0.5, 0.6) is 0 Å². The number of para-hydroxylation sites is 1. The van der Waals surface area contributed by atoms with Crippen molar-refractivity contribution >= 4 is 33.2 Å². The number of likely N-dealkylation sites (N-methyl/N-ethyl adjacent to an activating group) is 1. The Morgan fingerprint density at radius 2 is 1.62 bits per heavy atom. The van der Waals surface area contributed by atoms with Crippen LogP contribution in [0.4, 0.5) is 5.69 Å². The highest BCUT2D eigenvalue weighted by atomic mass is 35.5. The van der Waals surface area contributed by atoms with Gasteiger partial charge in [-0.2, -0.15) is 4.31 Å². The Kier molecular flexibility index (Phi) is 4.93. The molecule has 3 aromatic rings. The molecule has 3 aromatic carbocycles. The minimum absolute atomic E-state index is 0.0701. The van der Waals surface area contributed by atoms with Crippen molar-refractivity contribution < 1.29 is 13.2 Å². The summed E-state index contributed by atoms with van der Waals surface area (Å²) in [5.41, 5.74) is 2.60. The van der Waals surface area contributed by atoms with Gasteiger partial charge in [-0.15, -0.1) is 0 Å². The van der Waals surface area contributed by atoms with Crippen LogP contribution in [0.25, 0.3) is 0 Å². The summed E-state index contributed by atoms with van der Waals surface area (Å²) in [6, 6.07) is 21.2. The Morgan fingerprint density at radius 1 is 0.969 bits per heavy atom. The van der Waals surface area contributed by atoms with Crippen molar-refractivity contribution in [3.8, 4) is 0 Å². The predicted molar refractivity (Wildman–Crippen MR) is 125 cm³/mol. The first-order chi connectivity index (χ1) is 15.2. The van der Waals surface area contributed by atoms with Gasteiger partial charge in [0.05, 0.1) is 16.4 Å². The Labute approximate surface area is 193 Å². The minimum atomic E-state index is -3.84. The first kappa shape index (κ1) is 21.2. The lowest BCUT2D eigenvalue weighted by atomic mass is 9.79. The summed E-state index contributed by atoms with van der Waals surface area (Å²) in [7, 11) is -2.09. The molecule has 1 saturated heterocycles. The standard InChI is InChI=1S/C25H23ClN2O3S/c1-17-7-13-20(14-8-17)32(30,31)28-16-25(15-23(28)18-9-11-19(26)12-10-18)21-5-3-4-6-22(21)27(2)24(25)29/h3-14,23H,15-16H2,1-2H3/t23-,25+/m1/s1. The van der Waals surface area contributed by atoms with Gasteiger partial charge in [-0.05, 0) is 54.8 Å². The van der Waals surface area contributed by atoms with E-state index in [4.69, 9.17) is 11.6 Å². The molecule has 0 N–H and O–H groups in total. The largest absolute Gasteiger partial charge is 0.314 e. The van der Waals surface area contributed by atoms with Crippen LogP contribution in [-0.2, 0) is 20.2 Å². The number of carbonyl (C=O) groups is 1. The second-order valence-electron chi connectivity index (χ2n) is 8.60. The average molecular weight is 467 g/mol. The van der Waals surface area contributed by atoms with E-state index < -0.39 is 21.5 Å². The van der Waals surface area contributed by atoms with E-state index >= 15 is 0 Å². The molecule has 1 spiro atoms. The summed E-state index contributed by atoms with van der Waals surface area (Å²) in [6.07, 6.45) is 0.375. The first-order valence-electron chi connectivity index (χ1n) is 10.5. The fourth-order valence-corrected chi connectivity index (χ4v) is 6.80. The second kappa shape index (κ2) is 7.44. The molecule has 5 nitrogen and oxygen atoms in total. The molecule has 2 heterocycles. The summed E-state index contributed by atoms with van der Waals surface area (Å²) in [5, 5.41) is 0.580. The van der Waals surface area contributed by atoms with E-state index in [9.17, 15) is 13.2 Å². The smallest absolute Gasteiger partial charge is 0.243 e. The molecule has 1 fully saturated rings. The van der Waals surface area contributed by atoms with E-state index in [2.05, 4.69) is 0 Å². The maximum atomic E-state index is 13.8. The lowest BCUT2D eigenvalue weighted by Gasteiger charge is -2.25. The van der Waals surface area contributed by atoms with Crippen molar-refractivity contribution in [3.05, 3.63) is 94.5 Å². The summed E-state index contributed by atoms with van der Waals surface area (Å²) in [4.78, 5) is 15.4. The zero-order valence-electron chi connectivity index (χ0n) is 17.8. The third-order valence-electron chi connectivity index (χ3n) is 6.69. The average Bonchev–Trinajstić information content (AvgIpc) is 3.29. The fourth-order valence-electron chi connectivity index (χ4n) is 5.01. The molecule has 2 aliphatic rings. The number of aryl methyl sites for hydroxylation is 1. The van der Waals surface area contributed by atoms with Gasteiger partial charge in [0.15, 0.2) is 0 Å². The number of fused-ring (bicyclic) bond motifs is 2. The van der Waals surface area contributed by atoms with Crippen molar-refractivity contribution in [2.24, 2.45) is 0 Å². The predicted octanol–water partition coefficient (Wildman–Crippen LogP) is 4.70. The number of sulfonamides is 1. The molecular formula is C25H23ClN2O3S. The number of nitrogens with zero attached hydrogens (tertiary/aromatic N) is 2. The summed E-state index contributed by atoms with van der Waals surface area (Å²) in [6.45, 7) is 2.01. The van der Waals surface area contributed by atoms with Gasteiger partial charge in [-0.3, -0.25) is 4.79 Å². The van der Waals surface area contributed by atoms with Gasteiger partial charge in [0.2, 0.25) is 15.9 Å². The SMILES string of the molecule is Cc1ccc(S(=O)(=O)N2C[C@]3(C[C@@H]2c2ccc(Cl)cc2)C(=O)N(C)c2ccccc23)cc1. The molecule has 0 unspecified atom stereocenters. The van der Waals surface area contributed by atoms with Gasteiger partial charge in [0.25, 0.3) is 0 Å². The Balaban J connectivity index is 1.67. The highest BCUT2D eigenvalue weighted by Crippen LogP contribution is 2.53. The van der Waals surface area contributed by atoms with Crippen molar-refractivity contribution in [2.45, 2.75) is 29.7 Å². The maximum absolute atomic E-state index is 13.8. The number of amides is 1. The number of anilines is 1. The molecular weight excluding hydrogens is 444 g/mol. The van der Waals surface area contributed by atoms with Gasteiger partial charge < -0.3 is 4.90 Å². The van der Waals surface area contributed by atoms with Crippen molar-refractivity contribution in [3.63, 3.8) is 0 Å². The molecule has 1 amide bonds. The normalized spacial score (nSPS) is 23.2. The van der Waals surface area contributed by atoms with Crippen molar-refractivity contribution in [1.29, 1.82) is 0 Å².